The van der Waals surface area contributed by atoms with Gasteiger partial charge in [0.1, 0.15) is 5.75 Å². The van der Waals surface area contributed by atoms with Gasteiger partial charge in [0.25, 0.3) is 0 Å². The van der Waals surface area contributed by atoms with Gasteiger partial charge in [-0.25, -0.2) is 8.42 Å². The van der Waals surface area contributed by atoms with Crippen LogP contribution in [0.1, 0.15) is 17.7 Å². The summed E-state index contributed by atoms with van der Waals surface area (Å²) >= 11 is 1.54. The Labute approximate surface area is 139 Å². The van der Waals surface area contributed by atoms with Gasteiger partial charge in [-0.3, -0.25) is 9.59 Å². The summed E-state index contributed by atoms with van der Waals surface area (Å²) in [5.41, 5.74) is 0. The first-order valence-electron chi connectivity index (χ1n) is 7.21. The van der Waals surface area contributed by atoms with Gasteiger partial charge in [-0.05, 0) is 30.4 Å². The van der Waals surface area contributed by atoms with Gasteiger partial charge in [0.15, 0.2) is 9.84 Å². The van der Waals surface area contributed by atoms with E-state index in [1.165, 1.54) is 13.2 Å². The minimum absolute atomic E-state index is 0.123. The number of carbonyl (C=O) groups is 2. The lowest BCUT2D eigenvalue weighted by Gasteiger charge is -2.30. The van der Waals surface area contributed by atoms with Gasteiger partial charge in [-0.15, -0.1) is 11.3 Å². The molecule has 0 atom stereocenters. The van der Waals surface area contributed by atoms with Crippen molar-refractivity contribution in [3.63, 3.8) is 0 Å². The maximum Gasteiger partial charge on any atom is 0.320 e. The molecule has 126 valence electrons. The Morgan fingerprint density at radius 2 is 2.09 bits per heavy atom. The molecule has 1 aliphatic rings. The van der Waals surface area contributed by atoms with Crippen LogP contribution in [0.4, 0.5) is 0 Å². The fraction of sp³-hybridized carbons (Fsp3) is 0.467. The molecule has 2 heterocycles. The zero-order valence-electron chi connectivity index (χ0n) is 12.8. The number of hydrogen-bond acceptors (Lipinski definition) is 6. The molecule has 0 bridgehead atoms. The van der Waals surface area contributed by atoms with Gasteiger partial charge in [0.05, 0.1) is 12.4 Å². The summed E-state index contributed by atoms with van der Waals surface area (Å²) in [6.45, 7) is 0.747. The normalized spacial score (nSPS) is 16.7. The summed E-state index contributed by atoms with van der Waals surface area (Å²) in [6, 6.07) is 3.83. The van der Waals surface area contributed by atoms with Crippen LogP contribution >= 0.6 is 11.3 Å². The third-order valence-electron chi connectivity index (χ3n) is 3.74. The first kappa shape index (κ1) is 17.7. The van der Waals surface area contributed by atoms with Gasteiger partial charge in [0, 0.05) is 24.0 Å². The molecule has 1 fully saturated rings. The molecule has 1 aromatic heterocycles. The molecule has 0 N–H and O–H groups in total. The molecule has 0 aliphatic carbocycles. The second-order valence-electron chi connectivity index (χ2n) is 5.26. The number of amides is 1. The summed E-state index contributed by atoms with van der Waals surface area (Å²) in [6.07, 6.45) is 3.96. The number of esters is 1. The standard InChI is InChI=1S/C15H19NO5S2/c1-21-15(18)11-23(19,20)13-6-8-16(9-7-13)14(17)5-4-12-3-2-10-22-12/h2-5,10,13H,6-9,11H2,1H3/b5-4+. The topological polar surface area (TPSA) is 80.8 Å². The number of sulfone groups is 1. The number of likely N-dealkylation sites (tertiary alicyclic amines) is 1. The summed E-state index contributed by atoms with van der Waals surface area (Å²) in [5, 5.41) is 1.34. The van der Waals surface area contributed by atoms with Crippen molar-refractivity contribution in [3.05, 3.63) is 28.5 Å². The highest BCUT2D eigenvalue weighted by molar-refractivity contribution is 7.92. The van der Waals surface area contributed by atoms with Crippen LogP contribution in [0.25, 0.3) is 6.08 Å². The van der Waals surface area contributed by atoms with Crippen molar-refractivity contribution in [1.82, 2.24) is 4.90 Å². The van der Waals surface area contributed by atoms with E-state index >= 15 is 0 Å². The zero-order valence-corrected chi connectivity index (χ0v) is 14.4. The van der Waals surface area contributed by atoms with Crippen LogP contribution in [0, 0.1) is 0 Å². The lowest BCUT2D eigenvalue weighted by Crippen LogP contribution is -2.43. The van der Waals surface area contributed by atoms with Crippen LogP contribution in [-0.2, 0) is 24.2 Å². The monoisotopic (exact) mass is 357 g/mol. The maximum absolute atomic E-state index is 12.1. The quantitative estimate of drug-likeness (QED) is 0.587. The van der Waals surface area contributed by atoms with Crippen LogP contribution in [0.5, 0.6) is 0 Å². The van der Waals surface area contributed by atoms with Gasteiger partial charge >= 0.3 is 5.97 Å². The van der Waals surface area contributed by atoms with Crippen LogP contribution < -0.4 is 0 Å². The molecule has 1 amide bonds. The number of piperidine rings is 1. The number of methoxy groups -OCH3 is 1. The maximum atomic E-state index is 12.1. The van der Waals surface area contributed by atoms with Crippen LogP contribution in [0.3, 0.4) is 0 Å². The van der Waals surface area contributed by atoms with E-state index in [1.54, 1.807) is 22.3 Å². The SMILES string of the molecule is COC(=O)CS(=O)(=O)C1CCN(C(=O)/C=C/c2cccs2)CC1. The molecular formula is C15H19NO5S2. The summed E-state index contributed by atoms with van der Waals surface area (Å²) in [4.78, 5) is 25.9. The second kappa shape index (κ2) is 7.74. The van der Waals surface area contributed by atoms with E-state index in [1.807, 2.05) is 17.5 Å². The molecule has 1 aliphatic heterocycles. The Balaban J connectivity index is 1.88. The minimum atomic E-state index is -3.52. The Bertz CT molecular complexity index is 671. The van der Waals surface area contributed by atoms with Gasteiger partial charge < -0.3 is 9.64 Å². The van der Waals surface area contributed by atoms with E-state index < -0.39 is 26.8 Å². The van der Waals surface area contributed by atoms with Crippen LogP contribution in [0.15, 0.2) is 23.6 Å². The number of ether oxygens (including phenoxy) is 1. The first-order valence-corrected chi connectivity index (χ1v) is 9.81. The molecule has 1 saturated heterocycles. The molecule has 0 saturated carbocycles. The molecule has 0 unspecified atom stereocenters. The average molecular weight is 357 g/mol. The highest BCUT2D eigenvalue weighted by Gasteiger charge is 2.32. The molecule has 0 aromatic carbocycles. The van der Waals surface area contributed by atoms with Crippen molar-refractivity contribution in [3.8, 4) is 0 Å². The number of hydrogen-bond donors (Lipinski definition) is 0. The van der Waals surface area contributed by atoms with E-state index in [2.05, 4.69) is 4.74 Å². The Morgan fingerprint density at radius 1 is 1.39 bits per heavy atom. The molecule has 8 heteroatoms. The zero-order chi connectivity index (χ0) is 16.9. The molecule has 0 spiro atoms. The fourth-order valence-electron chi connectivity index (χ4n) is 2.42. The largest absolute Gasteiger partial charge is 0.468 e. The minimum Gasteiger partial charge on any atom is -0.468 e. The average Bonchev–Trinajstić information content (AvgIpc) is 3.05. The van der Waals surface area contributed by atoms with Gasteiger partial charge in [-0.1, -0.05) is 6.07 Å². The number of carbonyl (C=O) groups excluding carboxylic acids is 2. The third kappa shape index (κ3) is 4.90. The number of rotatable bonds is 5. The molecule has 23 heavy (non-hydrogen) atoms. The van der Waals surface area contributed by atoms with E-state index in [9.17, 15) is 18.0 Å². The van der Waals surface area contributed by atoms with Crippen molar-refractivity contribution in [2.45, 2.75) is 18.1 Å². The van der Waals surface area contributed by atoms with E-state index in [0.717, 1.165) is 4.88 Å². The number of thiophene rings is 1. The summed E-state index contributed by atoms with van der Waals surface area (Å²) in [5.74, 6) is -1.47. The highest BCUT2D eigenvalue weighted by atomic mass is 32.2. The van der Waals surface area contributed by atoms with Crippen molar-refractivity contribution < 1.29 is 22.7 Å². The predicted octanol–water partition coefficient (Wildman–Crippen LogP) is 1.34. The van der Waals surface area contributed by atoms with Crippen molar-refractivity contribution in [2.75, 3.05) is 26.0 Å². The molecule has 2 rings (SSSR count). The number of nitrogens with zero attached hydrogens (tertiary/aromatic N) is 1. The van der Waals surface area contributed by atoms with Gasteiger partial charge in [-0.2, -0.15) is 0 Å². The second-order valence-corrected chi connectivity index (χ2v) is 8.52. The summed E-state index contributed by atoms with van der Waals surface area (Å²) in [7, 11) is -2.35. The van der Waals surface area contributed by atoms with E-state index in [0.29, 0.717) is 25.9 Å². The van der Waals surface area contributed by atoms with Crippen molar-refractivity contribution in [2.24, 2.45) is 0 Å². The summed E-state index contributed by atoms with van der Waals surface area (Å²) < 4.78 is 28.6. The van der Waals surface area contributed by atoms with Crippen LogP contribution in [-0.4, -0.2) is 56.4 Å². The Kier molecular flexibility index (Phi) is 5.95. The predicted molar refractivity (Wildman–Crippen MR) is 88.8 cm³/mol. The smallest absolute Gasteiger partial charge is 0.320 e. The molecule has 1 aromatic rings. The molecule has 0 radical (unpaired) electrons. The molecule has 6 nitrogen and oxygen atoms in total. The molecular weight excluding hydrogens is 338 g/mol. The Morgan fingerprint density at radius 3 is 2.65 bits per heavy atom. The van der Waals surface area contributed by atoms with Crippen molar-refractivity contribution >= 4 is 39.1 Å². The lowest BCUT2D eigenvalue weighted by molar-refractivity contribution is -0.137. The highest BCUT2D eigenvalue weighted by Crippen LogP contribution is 2.19. The third-order valence-corrected chi connectivity index (χ3v) is 6.70. The lowest BCUT2D eigenvalue weighted by atomic mass is 10.1. The van der Waals surface area contributed by atoms with Crippen molar-refractivity contribution in [1.29, 1.82) is 0 Å². The van der Waals surface area contributed by atoms with E-state index in [-0.39, 0.29) is 5.91 Å². The van der Waals surface area contributed by atoms with E-state index in [4.69, 9.17) is 0 Å². The Hall–Kier alpha value is -1.67. The van der Waals surface area contributed by atoms with Crippen LogP contribution in [0.2, 0.25) is 0 Å². The fourth-order valence-corrected chi connectivity index (χ4v) is 4.65. The first-order chi connectivity index (χ1) is 10.9. The van der Waals surface area contributed by atoms with Gasteiger partial charge in [0.2, 0.25) is 5.91 Å².